The Labute approximate surface area is 98.9 Å². The molecule has 0 heterocycles. The van der Waals surface area contributed by atoms with E-state index in [1.54, 1.807) is 6.07 Å². The Hall–Kier alpha value is -1.66. The lowest BCUT2D eigenvalue weighted by Crippen LogP contribution is -2.36. The minimum Gasteiger partial charge on any atom is -0.354 e. The van der Waals surface area contributed by atoms with Crippen molar-refractivity contribution in [2.45, 2.75) is 6.29 Å². The Morgan fingerprint density at radius 2 is 2.12 bits per heavy atom. The van der Waals surface area contributed by atoms with E-state index in [1.807, 2.05) is 0 Å². The number of nitrogens with one attached hydrogen (secondary N) is 2. The summed E-state index contributed by atoms with van der Waals surface area (Å²) < 4.78 is 22.6. The van der Waals surface area contributed by atoms with E-state index in [4.69, 9.17) is 9.47 Å². The molecule has 0 aromatic heterocycles. The maximum absolute atomic E-state index is 12.8. The number of urea groups is 1. The third kappa shape index (κ3) is 4.80. The molecule has 2 amide bonds. The zero-order chi connectivity index (χ0) is 12.7. The molecule has 0 bridgehead atoms. The molecule has 0 aliphatic heterocycles. The molecule has 0 saturated heterocycles. The van der Waals surface area contributed by atoms with Gasteiger partial charge in [-0.05, 0) is 18.2 Å². The van der Waals surface area contributed by atoms with Gasteiger partial charge >= 0.3 is 6.03 Å². The molecule has 0 aliphatic carbocycles. The van der Waals surface area contributed by atoms with E-state index in [0.29, 0.717) is 5.69 Å². The molecular formula is C11H15FN2O3. The van der Waals surface area contributed by atoms with Crippen LogP contribution in [0.2, 0.25) is 0 Å². The van der Waals surface area contributed by atoms with E-state index in [-0.39, 0.29) is 6.54 Å². The van der Waals surface area contributed by atoms with Gasteiger partial charge in [0, 0.05) is 19.9 Å². The molecule has 1 aromatic carbocycles. The molecule has 94 valence electrons. The lowest BCUT2D eigenvalue weighted by Gasteiger charge is -2.14. The summed E-state index contributed by atoms with van der Waals surface area (Å²) in [5, 5.41) is 5.02. The quantitative estimate of drug-likeness (QED) is 0.770. The first kappa shape index (κ1) is 13.4. The Kier molecular flexibility index (Phi) is 5.38. The lowest BCUT2D eigenvalue weighted by molar-refractivity contribution is -0.0970. The van der Waals surface area contributed by atoms with Crippen molar-refractivity contribution in [3.63, 3.8) is 0 Å². The molecule has 0 unspecified atom stereocenters. The fraction of sp³-hybridized carbons (Fsp3) is 0.364. The van der Waals surface area contributed by atoms with E-state index < -0.39 is 18.1 Å². The van der Waals surface area contributed by atoms with Crippen LogP contribution in [0.15, 0.2) is 24.3 Å². The van der Waals surface area contributed by atoms with Gasteiger partial charge in [-0.2, -0.15) is 0 Å². The fourth-order valence-corrected chi connectivity index (χ4v) is 1.18. The first-order valence-electron chi connectivity index (χ1n) is 5.01. The van der Waals surface area contributed by atoms with Crippen molar-refractivity contribution in [3.05, 3.63) is 30.1 Å². The summed E-state index contributed by atoms with van der Waals surface area (Å²) in [5.74, 6) is -0.408. The highest BCUT2D eigenvalue weighted by atomic mass is 19.1. The first-order chi connectivity index (χ1) is 8.15. The molecular weight excluding hydrogens is 227 g/mol. The maximum atomic E-state index is 12.8. The molecule has 1 rings (SSSR count). The Bertz CT molecular complexity index is 369. The number of rotatable bonds is 5. The lowest BCUT2D eigenvalue weighted by atomic mass is 10.3. The molecule has 0 radical (unpaired) electrons. The van der Waals surface area contributed by atoms with Crippen molar-refractivity contribution in [2.24, 2.45) is 0 Å². The summed E-state index contributed by atoms with van der Waals surface area (Å²) in [4.78, 5) is 11.4. The second-order valence-electron chi connectivity index (χ2n) is 3.25. The van der Waals surface area contributed by atoms with Gasteiger partial charge in [0.05, 0.1) is 6.54 Å². The van der Waals surface area contributed by atoms with Crippen LogP contribution in [0, 0.1) is 5.82 Å². The van der Waals surface area contributed by atoms with Crippen molar-refractivity contribution < 1.29 is 18.7 Å². The number of amides is 2. The highest BCUT2D eigenvalue weighted by molar-refractivity contribution is 5.89. The highest BCUT2D eigenvalue weighted by Crippen LogP contribution is 2.08. The number of anilines is 1. The summed E-state index contributed by atoms with van der Waals surface area (Å²) in [6.45, 7) is 0.203. The zero-order valence-electron chi connectivity index (χ0n) is 9.70. The van der Waals surface area contributed by atoms with Gasteiger partial charge in [-0.3, -0.25) is 0 Å². The van der Waals surface area contributed by atoms with Crippen molar-refractivity contribution in [2.75, 3.05) is 26.1 Å². The summed E-state index contributed by atoms with van der Waals surface area (Å²) in [7, 11) is 2.95. The van der Waals surface area contributed by atoms with Crippen molar-refractivity contribution in [1.29, 1.82) is 0 Å². The minimum atomic E-state index is -0.506. The maximum Gasteiger partial charge on any atom is 0.319 e. The van der Waals surface area contributed by atoms with Crippen molar-refractivity contribution in [3.8, 4) is 0 Å². The molecule has 17 heavy (non-hydrogen) atoms. The minimum absolute atomic E-state index is 0.203. The predicted octanol–water partition coefficient (Wildman–Crippen LogP) is 1.57. The average Bonchev–Trinajstić information content (AvgIpc) is 2.30. The summed E-state index contributed by atoms with van der Waals surface area (Å²) in [6, 6.07) is 5.18. The predicted molar refractivity (Wildman–Crippen MR) is 61.2 cm³/mol. The average molecular weight is 242 g/mol. The number of hydrogen-bond acceptors (Lipinski definition) is 3. The normalized spacial score (nSPS) is 10.4. The number of carbonyl (C=O) groups excluding carboxylic acids is 1. The van der Waals surface area contributed by atoms with Gasteiger partial charge in [0.25, 0.3) is 0 Å². The van der Waals surface area contributed by atoms with Crippen LogP contribution in [0.4, 0.5) is 14.9 Å². The Morgan fingerprint density at radius 1 is 1.41 bits per heavy atom. The number of ether oxygens (including phenoxy) is 2. The number of benzene rings is 1. The molecule has 0 spiro atoms. The van der Waals surface area contributed by atoms with Crippen molar-refractivity contribution >= 4 is 11.7 Å². The topological polar surface area (TPSA) is 59.6 Å². The number of methoxy groups -OCH3 is 2. The molecule has 6 heteroatoms. The van der Waals surface area contributed by atoms with Crippen LogP contribution >= 0.6 is 0 Å². The molecule has 0 aliphatic rings. The number of carbonyl (C=O) groups is 1. The summed E-state index contributed by atoms with van der Waals surface area (Å²) in [6.07, 6.45) is -0.506. The van der Waals surface area contributed by atoms with E-state index in [1.165, 1.54) is 32.4 Å². The van der Waals surface area contributed by atoms with E-state index in [9.17, 15) is 9.18 Å². The van der Waals surface area contributed by atoms with Gasteiger partial charge in [-0.1, -0.05) is 6.07 Å². The van der Waals surface area contributed by atoms with Crippen LogP contribution in [0.5, 0.6) is 0 Å². The zero-order valence-corrected chi connectivity index (χ0v) is 9.70. The van der Waals surface area contributed by atoms with Gasteiger partial charge in [0.15, 0.2) is 6.29 Å². The summed E-state index contributed by atoms with van der Waals surface area (Å²) >= 11 is 0. The van der Waals surface area contributed by atoms with E-state index >= 15 is 0 Å². The van der Waals surface area contributed by atoms with Crippen LogP contribution in [0.25, 0.3) is 0 Å². The third-order valence-corrected chi connectivity index (χ3v) is 2.04. The van der Waals surface area contributed by atoms with Crippen LogP contribution in [-0.4, -0.2) is 33.1 Å². The SMILES string of the molecule is COC(CNC(=O)Nc1cccc(F)c1)OC. The smallest absolute Gasteiger partial charge is 0.319 e. The van der Waals surface area contributed by atoms with Gasteiger partial charge in [-0.25, -0.2) is 9.18 Å². The standard InChI is InChI=1S/C11H15FN2O3/c1-16-10(17-2)7-13-11(15)14-9-5-3-4-8(12)6-9/h3-6,10H,7H2,1-2H3,(H2,13,14,15). The summed E-state index contributed by atoms with van der Waals surface area (Å²) in [5.41, 5.74) is 0.383. The van der Waals surface area contributed by atoms with Crippen molar-refractivity contribution in [1.82, 2.24) is 5.32 Å². The van der Waals surface area contributed by atoms with Crippen LogP contribution in [0.3, 0.4) is 0 Å². The van der Waals surface area contributed by atoms with Crippen LogP contribution < -0.4 is 10.6 Å². The Morgan fingerprint density at radius 3 is 2.71 bits per heavy atom. The van der Waals surface area contributed by atoms with E-state index in [0.717, 1.165) is 0 Å². The van der Waals surface area contributed by atoms with Gasteiger partial charge < -0.3 is 20.1 Å². The first-order valence-corrected chi connectivity index (χ1v) is 5.01. The van der Waals surface area contributed by atoms with Gasteiger partial charge in [0.2, 0.25) is 0 Å². The molecule has 2 N–H and O–H groups in total. The second-order valence-corrected chi connectivity index (χ2v) is 3.25. The van der Waals surface area contributed by atoms with Crippen LogP contribution in [0.1, 0.15) is 0 Å². The second kappa shape index (κ2) is 6.82. The molecule has 5 nitrogen and oxygen atoms in total. The number of halogens is 1. The van der Waals surface area contributed by atoms with Gasteiger partial charge in [-0.15, -0.1) is 0 Å². The Balaban J connectivity index is 2.39. The third-order valence-electron chi connectivity index (χ3n) is 2.04. The number of hydrogen-bond donors (Lipinski definition) is 2. The van der Waals surface area contributed by atoms with E-state index in [2.05, 4.69) is 10.6 Å². The van der Waals surface area contributed by atoms with Gasteiger partial charge in [0.1, 0.15) is 5.82 Å². The molecule has 0 atom stereocenters. The monoisotopic (exact) mass is 242 g/mol. The molecule has 1 aromatic rings. The molecule has 0 fully saturated rings. The highest BCUT2D eigenvalue weighted by Gasteiger charge is 2.07. The van der Waals surface area contributed by atoms with Crippen LogP contribution in [-0.2, 0) is 9.47 Å². The molecule has 0 saturated carbocycles. The fourth-order valence-electron chi connectivity index (χ4n) is 1.18. The largest absolute Gasteiger partial charge is 0.354 e.